The van der Waals surface area contributed by atoms with Gasteiger partial charge >= 0.3 is 6.18 Å². The van der Waals surface area contributed by atoms with Crippen LogP contribution in [0.3, 0.4) is 0 Å². The Morgan fingerprint density at radius 1 is 1.38 bits per heavy atom. The molecule has 0 unspecified atom stereocenters. The number of halogens is 3. The summed E-state index contributed by atoms with van der Waals surface area (Å²) in [6.07, 6.45) is -4.51. The zero-order valence-corrected chi connectivity index (χ0v) is 8.80. The van der Waals surface area contributed by atoms with Gasteiger partial charge in [0.1, 0.15) is 5.69 Å². The highest BCUT2D eigenvalue weighted by Gasteiger charge is 2.33. The van der Waals surface area contributed by atoms with Crippen LogP contribution in [-0.4, -0.2) is 10.9 Å². The average molecular weight is 232 g/mol. The molecule has 0 fully saturated rings. The maximum absolute atomic E-state index is 12.4. The highest BCUT2D eigenvalue weighted by Crippen LogP contribution is 2.29. The number of aromatic nitrogens is 1. The Hall–Kier alpha value is -1.59. The fraction of sp³-hybridized carbons (Fsp3) is 0.400. The molecule has 1 aromatic heterocycles. The summed E-state index contributed by atoms with van der Waals surface area (Å²) in [5.41, 5.74) is 4.14. The van der Waals surface area contributed by atoms with Crippen molar-refractivity contribution in [2.75, 3.05) is 0 Å². The molecule has 0 bridgehead atoms. The van der Waals surface area contributed by atoms with E-state index in [9.17, 15) is 18.0 Å². The summed E-state index contributed by atoms with van der Waals surface area (Å²) in [6.45, 7) is 3.30. The van der Waals surface area contributed by atoms with Crippen molar-refractivity contribution in [3.63, 3.8) is 0 Å². The number of nitrogens with two attached hydrogens (primary N) is 1. The Kier molecular flexibility index (Phi) is 3.21. The number of alkyl halides is 3. The predicted octanol–water partition coefficient (Wildman–Crippen LogP) is 2.32. The fourth-order valence-electron chi connectivity index (χ4n) is 1.28. The van der Waals surface area contributed by atoms with Gasteiger partial charge in [-0.15, -0.1) is 0 Å². The Bertz CT molecular complexity index is 413. The van der Waals surface area contributed by atoms with Gasteiger partial charge in [0, 0.05) is 0 Å². The van der Waals surface area contributed by atoms with Crippen LogP contribution in [-0.2, 0) is 6.18 Å². The van der Waals surface area contributed by atoms with Gasteiger partial charge in [-0.2, -0.15) is 13.2 Å². The van der Waals surface area contributed by atoms with E-state index in [1.165, 1.54) is 0 Å². The number of hydrogen-bond acceptors (Lipinski definition) is 2. The lowest BCUT2D eigenvalue weighted by Crippen LogP contribution is -2.18. The van der Waals surface area contributed by atoms with Crippen LogP contribution in [0.2, 0.25) is 0 Å². The second-order valence-electron chi connectivity index (χ2n) is 3.65. The molecular weight excluding hydrogens is 221 g/mol. The third kappa shape index (κ3) is 2.50. The van der Waals surface area contributed by atoms with Crippen molar-refractivity contribution < 1.29 is 18.0 Å². The van der Waals surface area contributed by atoms with E-state index in [-0.39, 0.29) is 17.2 Å². The van der Waals surface area contributed by atoms with Gasteiger partial charge in [-0.25, -0.2) is 4.98 Å². The molecule has 1 rings (SSSR count). The largest absolute Gasteiger partial charge is 0.433 e. The molecule has 6 heteroatoms. The summed E-state index contributed by atoms with van der Waals surface area (Å²) in [7, 11) is 0. The third-order valence-electron chi connectivity index (χ3n) is 2.03. The molecule has 0 saturated heterocycles. The van der Waals surface area contributed by atoms with Gasteiger partial charge in [0.05, 0.1) is 11.3 Å². The standard InChI is InChI=1S/C10H11F3N2O/c1-5(2)8-6(9(14)16)3-4-7(15-8)10(11,12)13/h3-5H,1-2H3,(H2,14,16). The van der Waals surface area contributed by atoms with Gasteiger partial charge in [-0.1, -0.05) is 13.8 Å². The van der Waals surface area contributed by atoms with Crippen LogP contribution < -0.4 is 5.73 Å². The lowest BCUT2D eigenvalue weighted by Gasteiger charge is -2.12. The van der Waals surface area contributed by atoms with E-state index >= 15 is 0 Å². The predicted molar refractivity (Wildman–Crippen MR) is 51.8 cm³/mol. The van der Waals surface area contributed by atoms with E-state index in [0.717, 1.165) is 12.1 Å². The first-order chi connectivity index (χ1) is 7.23. The highest BCUT2D eigenvalue weighted by molar-refractivity contribution is 5.94. The maximum atomic E-state index is 12.4. The highest BCUT2D eigenvalue weighted by atomic mass is 19.4. The quantitative estimate of drug-likeness (QED) is 0.850. The summed E-state index contributed by atoms with van der Waals surface area (Å²) in [5, 5.41) is 0. The van der Waals surface area contributed by atoms with Crippen LogP contribution in [0.15, 0.2) is 12.1 Å². The van der Waals surface area contributed by atoms with Crippen LogP contribution in [0.25, 0.3) is 0 Å². The lowest BCUT2D eigenvalue weighted by molar-refractivity contribution is -0.141. The Morgan fingerprint density at radius 3 is 2.31 bits per heavy atom. The Labute approximate surface area is 90.5 Å². The number of nitrogens with zero attached hydrogens (tertiary/aromatic N) is 1. The second kappa shape index (κ2) is 4.11. The minimum absolute atomic E-state index is 0.0306. The zero-order chi connectivity index (χ0) is 12.5. The SMILES string of the molecule is CC(C)c1nc(C(F)(F)F)ccc1C(N)=O. The molecule has 0 aliphatic carbocycles. The van der Waals surface area contributed by atoms with E-state index in [4.69, 9.17) is 5.73 Å². The smallest absolute Gasteiger partial charge is 0.366 e. The second-order valence-corrected chi connectivity index (χ2v) is 3.65. The molecule has 0 saturated carbocycles. The number of rotatable bonds is 2. The van der Waals surface area contributed by atoms with Crippen molar-refractivity contribution in [3.8, 4) is 0 Å². The van der Waals surface area contributed by atoms with Gasteiger partial charge in [0.25, 0.3) is 5.91 Å². The molecule has 0 atom stereocenters. The van der Waals surface area contributed by atoms with E-state index in [1.807, 2.05) is 0 Å². The lowest BCUT2D eigenvalue weighted by atomic mass is 10.0. The van der Waals surface area contributed by atoms with Gasteiger partial charge in [-0.3, -0.25) is 4.79 Å². The van der Waals surface area contributed by atoms with Crippen LogP contribution >= 0.6 is 0 Å². The van der Waals surface area contributed by atoms with Gasteiger partial charge in [-0.05, 0) is 18.1 Å². The first-order valence-electron chi connectivity index (χ1n) is 4.61. The first kappa shape index (κ1) is 12.5. The van der Waals surface area contributed by atoms with Crippen LogP contribution in [0, 0.1) is 0 Å². The van der Waals surface area contributed by atoms with Crippen molar-refractivity contribution >= 4 is 5.91 Å². The molecule has 1 heterocycles. The van der Waals surface area contributed by atoms with Gasteiger partial charge in [0.15, 0.2) is 0 Å². The van der Waals surface area contributed by atoms with Gasteiger partial charge in [0.2, 0.25) is 0 Å². The van der Waals surface area contributed by atoms with Crippen molar-refractivity contribution in [3.05, 3.63) is 29.1 Å². The number of amides is 1. The van der Waals surface area contributed by atoms with Crippen LogP contribution in [0.1, 0.15) is 41.5 Å². The molecule has 2 N–H and O–H groups in total. The minimum atomic E-state index is -4.51. The monoisotopic (exact) mass is 232 g/mol. The molecule has 1 aromatic rings. The van der Waals surface area contributed by atoms with Crippen molar-refractivity contribution in [1.82, 2.24) is 4.98 Å². The molecule has 0 aliphatic rings. The number of primary amides is 1. The molecular formula is C10H11F3N2O. The summed E-state index contributed by atoms with van der Waals surface area (Å²) >= 11 is 0. The molecule has 88 valence electrons. The summed E-state index contributed by atoms with van der Waals surface area (Å²) in [6, 6.07) is 1.82. The third-order valence-corrected chi connectivity index (χ3v) is 2.03. The zero-order valence-electron chi connectivity index (χ0n) is 8.80. The molecule has 1 amide bonds. The van der Waals surface area contributed by atoms with E-state index in [1.54, 1.807) is 13.8 Å². The molecule has 16 heavy (non-hydrogen) atoms. The normalized spacial score (nSPS) is 11.9. The number of carbonyl (C=O) groups is 1. The van der Waals surface area contributed by atoms with E-state index in [0.29, 0.717) is 0 Å². The molecule has 0 spiro atoms. The summed E-state index contributed by atoms with van der Waals surface area (Å²) < 4.78 is 37.2. The minimum Gasteiger partial charge on any atom is -0.366 e. The molecule has 0 aliphatic heterocycles. The van der Waals surface area contributed by atoms with Gasteiger partial charge < -0.3 is 5.73 Å². The average Bonchev–Trinajstić information content (AvgIpc) is 2.15. The topological polar surface area (TPSA) is 56.0 Å². The molecule has 0 aromatic carbocycles. The summed E-state index contributed by atoms with van der Waals surface area (Å²) in [5.74, 6) is -1.07. The van der Waals surface area contributed by atoms with Crippen molar-refractivity contribution in [1.29, 1.82) is 0 Å². The number of pyridine rings is 1. The van der Waals surface area contributed by atoms with Crippen LogP contribution in [0.4, 0.5) is 13.2 Å². The maximum Gasteiger partial charge on any atom is 0.433 e. The Morgan fingerprint density at radius 2 is 1.94 bits per heavy atom. The van der Waals surface area contributed by atoms with E-state index in [2.05, 4.69) is 4.98 Å². The van der Waals surface area contributed by atoms with Crippen molar-refractivity contribution in [2.24, 2.45) is 5.73 Å². The van der Waals surface area contributed by atoms with Crippen LogP contribution in [0.5, 0.6) is 0 Å². The van der Waals surface area contributed by atoms with E-state index < -0.39 is 17.8 Å². The number of carbonyl (C=O) groups excluding carboxylic acids is 1. The first-order valence-corrected chi connectivity index (χ1v) is 4.61. The fourth-order valence-corrected chi connectivity index (χ4v) is 1.28. The molecule has 0 radical (unpaired) electrons. The Balaban J connectivity index is 3.34. The number of hydrogen-bond donors (Lipinski definition) is 1. The summed E-state index contributed by atoms with van der Waals surface area (Å²) in [4.78, 5) is 14.4. The molecule has 3 nitrogen and oxygen atoms in total. The van der Waals surface area contributed by atoms with Crippen molar-refractivity contribution in [2.45, 2.75) is 25.9 Å².